The number of aryl methyl sites for hydroxylation is 1. The average molecular weight is 330 g/mol. The van der Waals surface area contributed by atoms with Crippen molar-refractivity contribution in [3.8, 4) is 0 Å². The summed E-state index contributed by atoms with van der Waals surface area (Å²) in [6.07, 6.45) is 5.70. The minimum atomic E-state index is 0.196. The zero-order chi connectivity index (χ0) is 15.3. The molecule has 1 heterocycles. The van der Waals surface area contributed by atoms with Crippen LogP contribution in [0.4, 0.5) is 5.69 Å². The first-order chi connectivity index (χ1) is 10.6. The molecule has 1 aliphatic carbocycles. The first-order valence-electron chi connectivity index (χ1n) is 7.63. The number of hydrogen-bond acceptors (Lipinski definition) is 1. The van der Waals surface area contributed by atoms with Gasteiger partial charge in [0.2, 0.25) is 0 Å². The molecule has 0 amide bonds. The summed E-state index contributed by atoms with van der Waals surface area (Å²) in [5.74, 6) is 0.946. The molecule has 4 rings (SSSR count). The van der Waals surface area contributed by atoms with Gasteiger partial charge in [0.15, 0.2) is 0 Å². The van der Waals surface area contributed by atoms with Crippen molar-refractivity contribution in [2.24, 2.45) is 5.92 Å². The molecule has 0 spiro atoms. The molecule has 0 fully saturated rings. The van der Waals surface area contributed by atoms with Crippen LogP contribution in [-0.4, -0.2) is 0 Å². The number of nitrogens with one attached hydrogen (secondary N) is 1. The third kappa shape index (κ3) is 2.15. The van der Waals surface area contributed by atoms with Crippen molar-refractivity contribution in [2.75, 3.05) is 5.32 Å². The highest BCUT2D eigenvalue weighted by atomic mass is 35.5. The van der Waals surface area contributed by atoms with Gasteiger partial charge in [0.25, 0.3) is 0 Å². The molecule has 22 heavy (non-hydrogen) atoms. The Hall–Kier alpha value is -1.44. The molecule has 2 aromatic carbocycles. The highest BCUT2D eigenvalue weighted by Crippen LogP contribution is 2.51. The van der Waals surface area contributed by atoms with E-state index in [1.165, 1.54) is 16.8 Å². The van der Waals surface area contributed by atoms with Crippen LogP contribution in [0.15, 0.2) is 48.6 Å². The zero-order valence-electron chi connectivity index (χ0n) is 12.3. The molecule has 3 atom stereocenters. The molecule has 1 nitrogen and oxygen atoms in total. The topological polar surface area (TPSA) is 12.0 Å². The fraction of sp³-hybridized carbons (Fsp3) is 0.263. The Bertz CT molecular complexity index is 766. The van der Waals surface area contributed by atoms with E-state index < -0.39 is 0 Å². The molecule has 0 saturated carbocycles. The Morgan fingerprint density at radius 3 is 2.82 bits per heavy atom. The van der Waals surface area contributed by atoms with Gasteiger partial charge in [-0.3, -0.25) is 0 Å². The lowest BCUT2D eigenvalue weighted by Crippen LogP contribution is -2.29. The molecule has 0 unspecified atom stereocenters. The summed E-state index contributed by atoms with van der Waals surface area (Å²) in [6, 6.07) is 12.7. The van der Waals surface area contributed by atoms with Crippen LogP contribution in [0.25, 0.3) is 0 Å². The Kier molecular flexibility index (Phi) is 3.43. The Balaban J connectivity index is 1.83. The van der Waals surface area contributed by atoms with E-state index >= 15 is 0 Å². The van der Waals surface area contributed by atoms with Gasteiger partial charge in [-0.15, -0.1) is 0 Å². The summed E-state index contributed by atoms with van der Waals surface area (Å²) in [5, 5.41) is 4.99. The van der Waals surface area contributed by atoms with Crippen molar-refractivity contribution >= 4 is 28.9 Å². The molecule has 2 aromatic rings. The second-order valence-electron chi connectivity index (χ2n) is 6.21. The Morgan fingerprint density at radius 2 is 1.95 bits per heavy atom. The highest BCUT2D eigenvalue weighted by Gasteiger charge is 2.38. The van der Waals surface area contributed by atoms with Crippen molar-refractivity contribution in [3.05, 3.63) is 75.3 Å². The van der Waals surface area contributed by atoms with E-state index in [-0.39, 0.29) is 6.04 Å². The summed E-state index contributed by atoms with van der Waals surface area (Å²) < 4.78 is 0. The largest absolute Gasteiger partial charge is 0.378 e. The van der Waals surface area contributed by atoms with Crippen LogP contribution in [-0.2, 0) is 0 Å². The SMILES string of the molecule is Cc1ccc2c(c1)[C@@H]1C=CC[C@@H]1[C@@H](c1cccc(Cl)c1Cl)N2. The average Bonchev–Trinajstić information content (AvgIpc) is 2.99. The van der Waals surface area contributed by atoms with E-state index in [0.717, 1.165) is 12.0 Å². The third-order valence-corrected chi connectivity index (χ3v) is 5.67. The van der Waals surface area contributed by atoms with E-state index in [0.29, 0.717) is 21.9 Å². The van der Waals surface area contributed by atoms with Gasteiger partial charge in [0.05, 0.1) is 16.1 Å². The molecular weight excluding hydrogens is 313 g/mol. The molecule has 0 radical (unpaired) electrons. The first-order valence-corrected chi connectivity index (χ1v) is 8.38. The number of fused-ring (bicyclic) bond motifs is 3. The lowest BCUT2D eigenvalue weighted by Gasteiger charge is -2.38. The molecule has 0 bridgehead atoms. The minimum absolute atomic E-state index is 0.196. The van der Waals surface area contributed by atoms with Gasteiger partial charge in [0, 0.05) is 11.6 Å². The maximum atomic E-state index is 6.48. The molecule has 1 aliphatic heterocycles. The molecule has 3 heteroatoms. The van der Waals surface area contributed by atoms with E-state index in [2.05, 4.69) is 48.7 Å². The summed E-state index contributed by atoms with van der Waals surface area (Å²) in [5.41, 5.74) is 5.01. The minimum Gasteiger partial charge on any atom is -0.378 e. The van der Waals surface area contributed by atoms with E-state index in [9.17, 15) is 0 Å². The maximum Gasteiger partial charge on any atom is 0.0645 e. The normalized spacial score (nSPS) is 25.5. The molecular formula is C19H17Cl2N. The standard InChI is InChI=1S/C19H17Cl2N/c1-11-8-9-17-15(10-11)12-4-2-5-13(12)19(22-17)14-6-3-7-16(20)18(14)21/h2-4,6-10,12-13,19,22H,5H2,1H3/t12-,13+,19+/m1/s1. The lowest BCUT2D eigenvalue weighted by atomic mass is 9.76. The van der Waals surface area contributed by atoms with Gasteiger partial charge in [-0.05, 0) is 42.5 Å². The van der Waals surface area contributed by atoms with Crippen molar-refractivity contribution in [2.45, 2.75) is 25.3 Å². The number of benzene rings is 2. The van der Waals surface area contributed by atoms with Crippen molar-refractivity contribution in [3.63, 3.8) is 0 Å². The third-order valence-electron chi connectivity index (χ3n) is 4.83. The number of halogens is 2. The second-order valence-corrected chi connectivity index (χ2v) is 6.99. The molecule has 0 aromatic heterocycles. The second kappa shape index (κ2) is 5.33. The van der Waals surface area contributed by atoms with E-state index in [4.69, 9.17) is 23.2 Å². The van der Waals surface area contributed by atoms with Gasteiger partial charge in [-0.25, -0.2) is 0 Å². The molecule has 112 valence electrons. The summed E-state index contributed by atoms with van der Waals surface area (Å²) in [7, 11) is 0. The van der Waals surface area contributed by atoms with E-state index in [1.807, 2.05) is 12.1 Å². The Morgan fingerprint density at radius 1 is 1.09 bits per heavy atom. The van der Waals surface area contributed by atoms with Crippen LogP contribution in [0.3, 0.4) is 0 Å². The summed E-state index contributed by atoms with van der Waals surface area (Å²) in [6.45, 7) is 2.15. The highest BCUT2D eigenvalue weighted by molar-refractivity contribution is 6.42. The van der Waals surface area contributed by atoms with Crippen LogP contribution in [0, 0.1) is 12.8 Å². The lowest BCUT2D eigenvalue weighted by molar-refractivity contribution is 0.425. The van der Waals surface area contributed by atoms with Gasteiger partial charge >= 0.3 is 0 Å². The van der Waals surface area contributed by atoms with Crippen LogP contribution in [0.2, 0.25) is 10.0 Å². The summed E-state index contributed by atoms with van der Waals surface area (Å²) in [4.78, 5) is 0. The van der Waals surface area contributed by atoms with Gasteiger partial charge in [0.1, 0.15) is 0 Å². The number of anilines is 1. The number of allylic oxidation sites excluding steroid dienone is 2. The van der Waals surface area contributed by atoms with Gasteiger partial charge in [-0.1, -0.05) is 65.2 Å². The molecule has 0 saturated heterocycles. The fourth-order valence-corrected chi connectivity index (χ4v) is 4.21. The Labute approximate surface area is 140 Å². The first kappa shape index (κ1) is 14.2. The van der Waals surface area contributed by atoms with Gasteiger partial charge < -0.3 is 5.32 Å². The molecule has 1 N–H and O–H groups in total. The van der Waals surface area contributed by atoms with Crippen molar-refractivity contribution in [1.29, 1.82) is 0 Å². The van der Waals surface area contributed by atoms with Crippen molar-refractivity contribution in [1.82, 2.24) is 0 Å². The number of rotatable bonds is 1. The van der Waals surface area contributed by atoms with Crippen LogP contribution in [0.1, 0.15) is 35.1 Å². The maximum absolute atomic E-state index is 6.48. The monoisotopic (exact) mass is 329 g/mol. The van der Waals surface area contributed by atoms with Crippen LogP contribution >= 0.6 is 23.2 Å². The smallest absolute Gasteiger partial charge is 0.0645 e. The fourth-order valence-electron chi connectivity index (χ4n) is 3.78. The van der Waals surface area contributed by atoms with Crippen molar-refractivity contribution < 1.29 is 0 Å². The number of hydrogen-bond donors (Lipinski definition) is 1. The van der Waals surface area contributed by atoms with Gasteiger partial charge in [-0.2, -0.15) is 0 Å². The quantitative estimate of drug-likeness (QED) is 0.620. The van der Waals surface area contributed by atoms with Crippen LogP contribution < -0.4 is 5.32 Å². The molecule has 2 aliphatic rings. The predicted molar refractivity (Wildman–Crippen MR) is 94.0 cm³/mol. The zero-order valence-corrected chi connectivity index (χ0v) is 13.8. The predicted octanol–water partition coefficient (Wildman–Crippen LogP) is 6.13. The summed E-state index contributed by atoms with van der Waals surface area (Å²) >= 11 is 12.7. The van der Waals surface area contributed by atoms with E-state index in [1.54, 1.807) is 0 Å². The van der Waals surface area contributed by atoms with Crippen LogP contribution in [0.5, 0.6) is 0 Å².